The first-order valence-electron chi connectivity index (χ1n) is 38.4. The second-order valence-corrected chi connectivity index (χ2v) is 30.8. The molecule has 0 bridgehead atoms. The van der Waals surface area contributed by atoms with Gasteiger partial charge in [0.15, 0.2) is 12.2 Å². The van der Waals surface area contributed by atoms with Crippen molar-refractivity contribution < 1.29 is 80.2 Å². The number of phosphoric acid groups is 2. The second-order valence-electron chi connectivity index (χ2n) is 27.9. The van der Waals surface area contributed by atoms with E-state index in [-0.39, 0.29) is 25.7 Å². The van der Waals surface area contributed by atoms with E-state index < -0.39 is 97.5 Å². The predicted molar refractivity (Wildman–Crippen MR) is 377 cm³/mol. The van der Waals surface area contributed by atoms with E-state index in [2.05, 4.69) is 48.5 Å². The Morgan fingerprint density at radius 1 is 0.312 bits per heavy atom. The second kappa shape index (κ2) is 64.7. The van der Waals surface area contributed by atoms with Gasteiger partial charge in [-0.25, -0.2) is 9.13 Å². The summed E-state index contributed by atoms with van der Waals surface area (Å²) >= 11 is 0. The van der Waals surface area contributed by atoms with Gasteiger partial charge >= 0.3 is 39.5 Å². The lowest BCUT2D eigenvalue weighted by Crippen LogP contribution is -2.30. The molecule has 3 unspecified atom stereocenters. The fourth-order valence-corrected chi connectivity index (χ4v) is 12.8. The fourth-order valence-electron chi connectivity index (χ4n) is 11.2. The van der Waals surface area contributed by atoms with E-state index >= 15 is 0 Å². The lowest BCUT2D eigenvalue weighted by atomic mass is 9.99. The van der Waals surface area contributed by atoms with Crippen LogP contribution < -0.4 is 0 Å². The molecule has 0 aromatic rings. The zero-order chi connectivity index (χ0) is 68.7. The van der Waals surface area contributed by atoms with E-state index in [4.69, 9.17) is 37.0 Å². The molecule has 0 radical (unpaired) electrons. The van der Waals surface area contributed by atoms with Gasteiger partial charge in [-0.3, -0.25) is 37.3 Å². The first kappa shape index (κ1) is 91.1. The van der Waals surface area contributed by atoms with E-state index in [1.807, 2.05) is 0 Å². The average Bonchev–Trinajstić information content (AvgIpc) is 3.35. The summed E-state index contributed by atoms with van der Waals surface area (Å²) in [6.07, 6.45) is 50.2. The molecule has 93 heavy (non-hydrogen) atoms. The van der Waals surface area contributed by atoms with Crippen molar-refractivity contribution >= 4 is 39.5 Å². The third-order valence-corrected chi connectivity index (χ3v) is 19.4. The highest BCUT2D eigenvalue weighted by atomic mass is 31.2. The molecule has 552 valence electrons. The normalized spacial score (nSPS) is 14.4. The van der Waals surface area contributed by atoms with Gasteiger partial charge in [-0.1, -0.05) is 325 Å². The van der Waals surface area contributed by atoms with Crippen molar-refractivity contribution in [3.05, 3.63) is 0 Å². The van der Waals surface area contributed by atoms with Crippen molar-refractivity contribution in [2.75, 3.05) is 39.6 Å². The summed E-state index contributed by atoms with van der Waals surface area (Å²) in [7, 11) is -9.91. The number of esters is 4. The van der Waals surface area contributed by atoms with Gasteiger partial charge < -0.3 is 33.8 Å². The lowest BCUT2D eigenvalue weighted by Gasteiger charge is -2.21. The maximum absolute atomic E-state index is 13.1. The van der Waals surface area contributed by atoms with Gasteiger partial charge in [-0.2, -0.15) is 0 Å². The highest BCUT2D eigenvalue weighted by molar-refractivity contribution is 7.47. The summed E-state index contributed by atoms with van der Waals surface area (Å²) in [5, 5.41) is 10.6. The van der Waals surface area contributed by atoms with E-state index in [1.54, 1.807) is 0 Å². The zero-order valence-corrected chi connectivity index (χ0v) is 62.5. The van der Waals surface area contributed by atoms with Crippen LogP contribution >= 0.6 is 15.6 Å². The lowest BCUT2D eigenvalue weighted by molar-refractivity contribution is -0.161. The van der Waals surface area contributed by atoms with Crippen LogP contribution in [0.2, 0.25) is 0 Å². The third-order valence-electron chi connectivity index (χ3n) is 17.5. The minimum Gasteiger partial charge on any atom is -0.462 e. The summed E-state index contributed by atoms with van der Waals surface area (Å²) in [6, 6.07) is 0. The monoisotopic (exact) mass is 1370 g/mol. The molecule has 0 aliphatic rings. The van der Waals surface area contributed by atoms with Crippen molar-refractivity contribution in [1.29, 1.82) is 0 Å². The summed E-state index contributed by atoms with van der Waals surface area (Å²) in [5.74, 6) is 0.0756. The number of hydrogen-bond acceptors (Lipinski definition) is 15. The number of phosphoric ester groups is 2. The number of unbranched alkanes of at least 4 members (excludes halogenated alkanes) is 39. The van der Waals surface area contributed by atoms with Gasteiger partial charge in [-0.05, 0) is 43.4 Å². The Labute approximate surface area is 568 Å². The molecular weight excluding hydrogens is 1220 g/mol. The summed E-state index contributed by atoms with van der Waals surface area (Å²) in [5.41, 5.74) is 0. The Bertz CT molecular complexity index is 1820. The summed E-state index contributed by atoms with van der Waals surface area (Å²) in [4.78, 5) is 72.7. The number of aliphatic hydroxyl groups is 1. The fraction of sp³-hybridized carbons (Fsp3) is 0.946. The number of rotatable bonds is 72. The number of carbonyl (C=O) groups is 4. The standard InChI is InChI=1S/C74H144O17P2/c1-8-10-11-12-13-14-15-16-17-18-19-20-21-22-23-24-25-35-43-50-57-73(78)90-69(61-84-71(76)55-48-41-34-29-27-33-40-47-54-67(7)9-2)63-88-92(80,81)86-59-68(75)60-87-93(82,83)89-64-70(62-85-72(77)56-49-42-37-30-32-39-46-53-66(5)6)91-74(79)58-51-44-36-28-26-31-38-45-52-65(3)4/h65-70,75H,8-64H2,1-7H3,(H,80,81)(H,82,83)/t67?,68-,69-,70-/m1/s1. The van der Waals surface area contributed by atoms with E-state index in [1.165, 1.54) is 180 Å². The minimum absolute atomic E-state index is 0.103. The molecule has 17 nitrogen and oxygen atoms in total. The zero-order valence-electron chi connectivity index (χ0n) is 60.7. The van der Waals surface area contributed by atoms with Crippen LogP contribution in [0.25, 0.3) is 0 Å². The average molecular weight is 1370 g/mol. The van der Waals surface area contributed by atoms with Crippen LogP contribution in [-0.4, -0.2) is 96.7 Å². The Morgan fingerprint density at radius 3 is 0.817 bits per heavy atom. The molecule has 0 aliphatic heterocycles. The molecule has 3 N–H and O–H groups in total. The van der Waals surface area contributed by atoms with Crippen molar-refractivity contribution in [2.45, 2.75) is 394 Å². The maximum Gasteiger partial charge on any atom is 0.472 e. The molecule has 0 aliphatic carbocycles. The molecular formula is C74H144O17P2. The van der Waals surface area contributed by atoms with Crippen LogP contribution in [0.15, 0.2) is 0 Å². The molecule has 0 saturated heterocycles. The Kier molecular flexibility index (Phi) is 63.4. The van der Waals surface area contributed by atoms with Crippen molar-refractivity contribution in [1.82, 2.24) is 0 Å². The SMILES string of the molecule is CCCCCCCCCCCCCCCCCCCCCCC(=O)O[C@H](COC(=O)CCCCCCCCCCC(C)CC)COP(=O)(O)OC[C@@H](O)COP(=O)(O)OC[C@@H](COC(=O)CCCCCCCCCC(C)C)OC(=O)CCCCCCCCCCC(C)C. The van der Waals surface area contributed by atoms with Gasteiger partial charge in [-0.15, -0.1) is 0 Å². The van der Waals surface area contributed by atoms with Gasteiger partial charge in [0.25, 0.3) is 0 Å². The first-order chi connectivity index (χ1) is 44.8. The van der Waals surface area contributed by atoms with Crippen LogP contribution in [0.5, 0.6) is 0 Å². The molecule has 0 amide bonds. The van der Waals surface area contributed by atoms with E-state index in [9.17, 15) is 43.2 Å². The van der Waals surface area contributed by atoms with Crippen molar-refractivity contribution in [3.8, 4) is 0 Å². The minimum atomic E-state index is -4.96. The van der Waals surface area contributed by atoms with E-state index in [0.29, 0.717) is 31.6 Å². The molecule has 0 saturated carbocycles. The summed E-state index contributed by atoms with van der Waals surface area (Å²) < 4.78 is 68.4. The largest absolute Gasteiger partial charge is 0.472 e. The van der Waals surface area contributed by atoms with Gasteiger partial charge in [0.2, 0.25) is 0 Å². The first-order valence-corrected chi connectivity index (χ1v) is 41.4. The van der Waals surface area contributed by atoms with Crippen LogP contribution in [-0.2, 0) is 65.4 Å². The van der Waals surface area contributed by atoms with Gasteiger partial charge in [0, 0.05) is 25.7 Å². The number of aliphatic hydroxyl groups excluding tert-OH is 1. The molecule has 0 fully saturated rings. The van der Waals surface area contributed by atoms with Crippen LogP contribution in [0.4, 0.5) is 0 Å². The van der Waals surface area contributed by atoms with Crippen LogP contribution in [0.1, 0.15) is 376 Å². The smallest absolute Gasteiger partial charge is 0.462 e. The van der Waals surface area contributed by atoms with Crippen molar-refractivity contribution in [3.63, 3.8) is 0 Å². The molecule has 0 spiro atoms. The quantitative estimate of drug-likeness (QED) is 0.0222. The molecule has 0 heterocycles. The van der Waals surface area contributed by atoms with Crippen LogP contribution in [0, 0.1) is 17.8 Å². The Balaban J connectivity index is 5.21. The summed E-state index contributed by atoms with van der Waals surface area (Å²) in [6.45, 7) is 11.8. The Hall–Kier alpha value is -1.94. The molecule has 0 aromatic heterocycles. The Morgan fingerprint density at radius 2 is 0.548 bits per heavy atom. The van der Waals surface area contributed by atoms with E-state index in [0.717, 1.165) is 108 Å². The number of hydrogen-bond donors (Lipinski definition) is 3. The third kappa shape index (κ3) is 67.0. The predicted octanol–water partition coefficient (Wildman–Crippen LogP) is 21.4. The maximum atomic E-state index is 13.1. The molecule has 0 aromatic carbocycles. The molecule has 6 atom stereocenters. The van der Waals surface area contributed by atoms with Gasteiger partial charge in [0.05, 0.1) is 26.4 Å². The molecule has 19 heteroatoms. The van der Waals surface area contributed by atoms with Crippen LogP contribution in [0.3, 0.4) is 0 Å². The topological polar surface area (TPSA) is 237 Å². The van der Waals surface area contributed by atoms with Crippen molar-refractivity contribution in [2.24, 2.45) is 17.8 Å². The highest BCUT2D eigenvalue weighted by Gasteiger charge is 2.30. The molecule has 0 rings (SSSR count). The number of ether oxygens (including phenoxy) is 4. The highest BCUT2D eigenvalue weighted by Crippen LogP contribution is 2.45. The number of carbonyl (C=O) groups excluding carboxylic acids is 4. The van der Waals surface area contributed by atoms with Gasteiger partial charge in [0.1, 0.15) is 19.3 Å².